The smallest absolute Gasteiger partial charge is 0.339 e. The van der Waals surface area contributed by atoms with Crippen LogP contribution in [0.3, 0.4) is 0 Å². The van der Waals surface area contributed by atoms with Crippen molar-refractivity contribution in [2.24, 2.45) is 0 Å². The first kappa shape index (κ1) is 22.7. The van der Waals surface area contributed by atoms with E-state index in [-0.39, 0.29) is 17.2 Å². The van der Waals surface area contributed by atoms with Gasteiger partial charge in [-0.15, -0.1) is 0 Å². The summed E-state index contributed by atoms with van der Waals surface area (Å²) in [5, 5.41) is 2.79. The van der Waals surface area contributed by atoms with Crippen molar-refractivity contribution in [2.75, 3.05) is 29.0 Å². The lowest BCUT2D eigenvalue weighted by Crippen LogP contribution is -2.38. The maximum atomic E-state index is 12.6. The number of hydrogen-bond acceptors (Lipinski definition) is 5. The Morgan fingerprint density at radius 3 is 2.45 bits per heavy atom. The number of amides is 1. The largest absolute Gasteiger partial charge is 0.462 e. The number of nitrogens with zero attached hydrogens (tertiary/aromatic N) is 1. The summed E-state index contributed by atoms with van der Waals surface area (Å²) in [6.45, 7) is 5.06. The zero-order valence-corrected chi connectivity index (χ0v) is 18.2. The van der Waals surface area contributed by atoms with Crippen LogP contribution in [0.5, 0.6) is 0 Å². The van der Waals surface area contributed by atoms with Gasteiger partial charge in [0.2, 0.25) is 15.9 Å². The summed E-state index contributed by atoms with van der Waals surface area (Å²) in [6.07, 6.45) is 1.04. The summed E-state index contributed by atoms with van der Waals surface area (Å²) in [5.41, 5.74) is 2.45. The summed E-state index contributed by atoms with van der Waals surface area (Å²) < 4.78 is 30.6. The van der Waals surface area contributed by atoms with E-state index in [4.69, 9.17) is 16.3 Å². The Kier molecular flexibility index (Phi) is 7.26. The number of rotatable bonds is 7. The molecule has 2 aromatic carbocycles. The zero-order valence-electron chi connectivity index (χ0n) is 16.7. The van der Waals surface area contributed by atoms with Gasteiger partial charge in [0.1, 0.15) is 6.54 Å². The summed E-state index contributed by atoms with van der Waals surface area (Å²) in [4.78, 5) is 24.5. The Bertz CT molecular complexity index is 1040. The van der Waals surface area contributed by atoms with Gasteiger partial charge < -0.3 is 10.1 Å². The molecular weight excluding hydrogens is 416 g/mol. The van der Waals surface area contributed by atoms with Gasteiger partial charge in [-0.05, 0) is 56.2 Å². The van der Waals surface area contributed by atoms with E-state index >= 15 is 0 Å². The van der Waals surface area contributed by atoms with Crippen LogP contribution in [-0.2, 0) is 19.6 Å². The lowest BCUT2D eigenvalue weighted by Gasteiger charge is -2.24. The van der Waals surface area contributed by atoms with Gasteiger partial charge in [0.15, 0.2) is 0 Å². The van der Waals surface area contributed by atoms with Crippen molar-refractivity contribution in [3.05, 3.63) is 58.1 Å². The van der Waals surface area contributed by atoms with Crippen molar-refractivity contribution >= 4 is 44.9 Å². The molecule has 2 aromatic rings. The summed E-state index contributed by atoms with van der Waals surface area (Å²) in [6, 6.07) is 9.75. The normalized spacial score (nSPS) is 11.1. The topological polar surface area (TPSA) is 92.8 Å². The van der Waals surface area contributed by atoms with Crippen molar-refractivity contribution in [3.63, 3.8) is 0 Å². The molecule has 9 heteroatoms. The molecule has 0 aliphatic heterocycles. The zero-order chi connectivity index (χ0) is 21.8. The SMILES string of the molecule is CCOC(=O)c1cc(NC(=O)CN(c2cc(C)ccc2C)S(C)(=O)=O)ccc1Cl. The third-order valence-corrected chi connectivity index (χ3v) is 5.52. The number of nitrogens with one attached hydrogen (secondary N) is 1. The molecule has 0 spiro atoms. The highest BCUT2D eigenvalue weighted by Gasteiger charge is 2.23. The van der Waals surface area contributed by atoms with Crippen LogP contribution < -0.4 is 9.62 Å². The Hall–Kier alpha value is -2.58. The third kappa shape index (κ3) is 5.95. The molecule has 0 unspecified atom stereocenters. The minimum atomic E-state index is -3.70. The van der Waals surface area contributed by atoms with Crippen LogP contribution in [0.15, 0.2) is 36.4 Å². The summed E-state index contributed by atoms with van der Waals surface area (Å²) in [7, 11) is -3.70. The Balaban J connectivity index is 2.27. The van der Waals surface area contributed by atoms with E-state index in [1.807, 2.05) is 13.0 Å². The number of sulfonamides is 1. The monoisotopic (exact) mass is 438 g/mol. The molecule has 1 amide bonds. The van der Waals surface area contributed by atoms with Crippen LogP contribution in [0.2, 0.25) is 5.02 Å². The van der Waals surface area contributed by atoms with Crippen LogP contribution in [-0.4, -0.2) is 39.7 Å². The van der Waals surface area contributed by atoms with Crippen molar-refractivity contribution in [1.29, 1.82) is 0 Å². The fourth-order valence-corrected chi connectivity index (χ4v) is 3.77. The molecule has 29 heavy (non-hydrogen) atoms. The summed E-state index contributed by atoms with van der Waals surface area (Å²) in [5.74, 6) is -1.17. The highest BCUT2D eigenvalue weighted by molar-refractivity contribution is 7.92. The van der Waals surface area contributed by atoms with Crippen LogP contribution in [0.25, 0.3) is 0 Å². The van der Waals surface area contributed by atoms with Crippen LogP contribution in [0.4, 0.5) is 11.4 Å². The van der Waals surface area contributed by atoms with Crippen LogP contribution >= 0.6 is 11.6 Å². The van der Waals surface area contributed by atoms with Gasteiger partial charge in [-0.2, -0.15) is 0 Å². The Morgan fingerprint density at radius 2 is 1.83 bits per heavy atom. The van der Waals surface area contributed by atoms with E-state index in [2.05, 4.69) is 5.32 Å². The maximum Gasteiger partial charge on any atom is 0.339 e. The predicted molar refractivity (Wildman–Crippen MR) is 114 cm³/mol. The first-order valence-corrected chi connectivity index (χ1v) is 11.1. The highest BCUT2D eigenvalue weighted by Crippen LogP contribution is 2.25. The van der Waals surface area contributed by atoms with E-state index in [9.17, 15) is 18.0 Å². The van der Waals surface area contributed by atoms with E-state index < -0.39 is 28.4 Å². The fourth-order valence-electron chi connectivity index (χ4n) is 2.67. The molecular formula is C20H23ClN2O5S. The molecule has 0 saturated carbocycles. The van der Waals surface area contributed by atoms with E-state index in [0.717, 1.165) is 21.7 Å². The van der Waals surface area contributed by atoms with Crippen LogP contribution in [0, 0.1) is 13.8 Å². The van der Waals surface area contributed by atoms with Gasteiger partial charge in [-0.1, -0.05) is 23.7 Å². The number of esters is 1. The number of aryl methyl sites for hydroxylation is 2. The number of hydrogen-bond donors (Lipinski definition) is 1. The molecule has 0 aliphatic carbocycles. The molecule has 0 atom stereocenters. The Morgan fingerprint density at radius 1 is 1.14 bits per heavy atom. The molecule has 0 radical (unpaired) electrons. The van der Waals surface area contributed by atoms with Crippen molar-refractivity contribution in [1.82, 2.24) is 0 Å². The van der Waals surface area contributed by atoms with Gasteiger partial charge in [-0.25, -0.2) is 13.2 Å². The van der Waals surface area contributed by atoms with E-state index in [0.29, 0.717) is 11.4 Å². The molecule has 7 nitrogen and oxygen atoms in total. The minimum absolute atomic E-state index is 0.112. The average Bonchev–Trinajstić information content (AvgIpc) is 2.63. The standard InChI is InChI=1S/C20H23ClN2O5S/c1-5-28-20(25)16-11-15(8-9-17(16)21)22-19(24)12-23(29(4,26)27)18-10-13(2)6-7-14(18)3/h6-11H,5,12H2,1-4H3,(H,22,24). The molecule has 0 heterocycles. The molecule has 0 bridgehead atoms. The number of anilines is 2. The minimum Gasteiger partial charge on any atom is -0.462 e. The number of carbonyl (C=O) groups excluding carboxylic acids is 2. The molecule has 0 fully saturated rings. The van der Waals surface area contributed by atoms with E-state index in [1.54, 1.807) is 26.0 Å². The van der Waals surface area contributed by atoms with Crippen molar-refractivity contribution in [2.45, 2.75) is 20.8 Å². The number of ether oxygens (including phenoxy) is 1. The van der Waals surface area contributed by atoms with Gasteiger partial charge >= 0.3 is 5.97 Å². The second kappa shape index (κ2) is 9.28. The molecule has 1 N–H and O–H groups in total. The lowest BCUT2D eigenvalue weighted by molar-refractivity contribution is -0.114. The van der Waals surface area contributed by atoms with Gasteiger partial charge in [0.25, 0.3) is 0 Å². The molecule has 0 saturated heterocycles. The number of carbonyl (C=O) groups is 2. The van der Waals surface area contributed by atoms with Crippen LogP contribution in [0.1, 0.15) is 28.4 Å². The van der Waals surface area contributed by atoms with Gasteiger partial charge in [0, 0.05) is 5.69 Å². The summed E-state index contributed by atoms with van der Waals surface area (Å²) >= 11 is 6.02. The van der Waals surface area contributed by atoms with Gasteiger partial charge in [-0.3, -0.25) is 9.10 Å². The third-order valence-electron chi connectivity index (χ3n) is 4.07. The average molecular weight is 439 g/mol. The Labute approximate surface area is 175 Å². The van der Waals surface area contributed by atoms with Gasteiger partial charge in [0.05, 0.1) is 29.1 Å². The number of benzene rings is 2. The first-order chi connectivity index (χ1) is 13.5. The first-order valence-electron chi connectivity index (χ1n) is 8.84. The lowest BCUT2D eigenvalue weighted by atomic mass is 10.1. The molecule has 0 aliphatic rings. The van der Waals surface area contributed by atoms with E-state index in [1.165, 1.54) is 18.2 Å². The molecule has 2 rings (SSSR count). The van der Waals surface area contributed by atoms with Crippen molar-refractivity contribution < 1.29 is 22.7 Å². The predicted octanol–water partition coefficient (Wildman–Crippen LogP) is 3.54. The quantitative estimate of drug-likeness (QED) is 0.667. The fraction of sp³-hybridized carbons (Fsp3) is 0.300. The highest BCUT2D eigenvalue weighted by atomic mass is 35.5. The maximum absolute atomic E-state index is 12.6. The second-order valence-corrected chi connectivity index (χ2v) is 8.84. The molecule has 156 valence electrons. The second-order valence-electron chi connectivity index (χ2n) is 6.52. The van der Waals surface area contributed by atoms with Crippen molar-refractivity contribution in [3.8, 4) is 0 Å². The number of halogens is 1. The molecule has 0 aromatic heterocycles.